The molecule has 1 unspecified atom stereocenters. The molecule has 0 radical (unpaired) electrons. The Kier molecular flexibility index (Phi) is 6.26. The average Bonchev–Trinajstić information content (AvgIpc) is 2.41. The lowest BCUT2D eigenvalue weighted by atomic mass is 10.1. The van der Waals surface area contributed by atoms with Gasteiger partial charge in [0.25, 0.3) is 5.91 Å². The molecule has 4 nitrogen and oxygen atoms in total. The van der Waals surface area contributed by atoms with Crippen molar-refractivity contribution in [3.63, 3.8) is 0 Å². The van der Waals surface area contributed by atoms with Crippen LogP contribution in [0.2, 0.25) is 0 Å². The number of amides is 1. The second-order valence-electron chi connectivity index (χ2n) is 4.44. The number of halogens is 2. The summed E-state index contributed by atoms with van der Waals surface area (Å²) in [4.78, 5) is 14.3. The van der Waals surface area contributed by atoms with Crippen LogP contribution < -0.4 is 5.73 Å². The van der Waals surface area contributed by atoms with Gasteiger partial charge >= 0.3 is 0 Å². The van der Waals surface area contributed by atoms with Crippen molar-refractivity contribution in [1.29, 1.82) is 0 Å². The van der Waals surface area contributed by atoms with E-state index in [2.05, 4.69) is 15.9 Å². The van der Waals surface area contributed by atoms with Gasteiger partial charge in [0.15, 0.2) is 0 Å². The Morgan fingerprint density at radius 3 is 3.00 bits per heavy atom. The Labute approximate surface area is 127 Å². The highest BCUT2D eigenvalue weighted by Gasteiger charge is 2.25. The molecule has 6 heteroatoms. The lowest BCUT2D eigenvalue weighted by molar-refractivity contribution is -0.0167. The number of nitrogens with zero attached hydrogens (tertiary/aromatic N) is 1. The Hall–Kier alpha value is -0.620. The van der Waals surface area contributed by atoms with Gasteiger partial charge in [-0.25, -0.2) is 0 Å². The van der Waals surface area contributed by atoms with Crippen LogP contribution in [0.25, 0.3) is 0 Å². The van der Waals surface area contributed by atoms with Crippen LogP contribution in [0.15, 0.2) is 22.7 Å². The van der Waals surface area contributed by atoms with Gasteiger partial charge in [0, 0.05) is 29.7 Å². The summed E-state index contributed by atoms with van der Waals surface area (Å²) in [5.74, 6) is 0.0514. The molecule has 0 spiro atoms. The third kappa shape index (κ3) is 3.92. The third-order valence-corrected chi connectivity index (χ3v) is 3.61. The molecule has 0 bridgehead atoms. The number of morpholine rings is 1. The van der Waals surface area contributed by atoms with Gasteiger partial charge in [0.2, 0.25) is 0 Å². The molecule has 1 saturated heterocycles. The largest absolute Gasteiger partial charge is 0.373 e. The van der Waals surface area contributed by atoms with Gasteiger partial charge in [-0.2, -0.15) is 0 Å². The maximum atomic E-state index is 12.4. The number of carbonyl (C=O) groups is 1. The summed E-state index contributed by atoms with van der Waals surface area (Å²) < 4.78 is 6.39. The van der Waals surface area contributed by atoms with Crippen molar-refractivity contribution in [2.24, 2.45) is 5.73 Å². The third-order valence-electron chi connectivity index (χ3n) is 3.12. The first-order chi connectivity index (χ1) is 8.61. The minimum atomic E-state index is -0.0461. The van der Waals surface area contributed by atoms with E-state index in [0.29, 0.717) is 26.2 Å². The monoisotopic (exact) mass is 348 g/mol. The molecule has 2 rings (SSSR count). The molecular weight excluding hydrogens is 332 g/mol. The standard InChI is InChI=1S/C13H17BrN2O2.ClH/c1-9-2-3-10(14)6-12(9)13(17)16-4-5-18-11(7-15)8-16;/h2-3,6,11H,4-5,7-8,15H2,1H3;1H. The fraction of sp³-hybridized carbons (Fsp3) is 0.462. The van der Waals surface area contributed by atoms with Crippen molar-refractivity contribution in [2.75, 3.05) is 26.2 Å². The lowest BCUT2D eigenvalue weighted by Crippen LogP contribution is -2.48. The van der Waals surface area contributed by atoms with Crippen LogP contribution in [-0.2, 0) is 4.74 Å². The van der Waals surface area contributed by atoms with Crippen molar-refractivity contribution in [1.82, 2.24) is 4.90 Å². The SMILES string of the molecule is Cc1ccc(Br)cc1C(=O)N1CCOC(CN)C1.Cl. The molecule has 1 fully saturated rings. The fourth-order valence-corrected chi connectivity index (χ4v) is 2.40. The number of ether oxygens (including phenoxy) is 1. The number of nitrogens with two attached hydrogens (primary N) is 1. The first-order valence-corrected chi connectivity index (χ1v) is 6.78. The summed E-state index contributed by atoms with van der Waals surface area (Å²) in [6.07, 6.45) is -0.0461. The highest BCUT2D eigenvalue weighted by Crippen LogP contribution is 2.19. The van der Waals surface area contributed by atoms with Crippen molar-refractivity contribution in [3.8, 4) is 0 Å². The molecule has 1 amide bonds. The summed E-state index contributed by atoms with van der Waals surface area (Å²) in [5, 5.41) is 0. The molecular formula is C13H18BrClN2O2. The molecule has 1 aromatic carbocycles. The molecule has 0 saturated carbocycles. The first kappa shape index (κ1) is 16.4. The molecule has 1 atom stereocenters. The Morgan fingerprint density at radius 2 is 2.32 bits per heavy atom. The molecule has 1 aliphatic rings. The second-order valence-corrected chi connectivity index (χ2v) is 5.35. The molecule has 2 N–H and O–H groups in total. The van der Waals surface area contributed by atoms with Gasteiger partial charge in [0.1, 0.15) is 0 Å². The van der Waals surface area contributed by atoms with E-state index in [4.69, 9.17) is 10.5 Å². The summed E-state index contributed by atoms with van der Waals surface area (Å²) in [6, 6.07) is 5.75. The van der Waals surface area contributed by atoms with Crippen LogP contribution in [0.3, 0.4) is 0 Å². The molecule has 19 heavy (non-hydrogen) atoms. The van der Waals surface area contributed by atoms with Gasteiger partial charge in [0.05, 0.1) is 12.7 Å². The fourth-order valence-electron chi connectivity index (χ4n) is 2.04. The molecule has 106 valence electrons. The van der Waals surface area contributed by atoms with E-state index in [0.717, 1.165) is 15.6 Å². The van der Waals surface area contributed by atoms with Gasteiger partial charge in [-0.1, -0.05) is 22.0 Å². The van der Waals surface area contributed by atoms with Crippen molar-refractivity contribution in [2.45, 2.75) is 13.0 Å². The summed E-state index contributed by atoms with van der Waals surface area (Å²) >= 11 is 3.40. The Morgan fingerprint density at radius 1 is 1.58 bits per heavy atom. The molecule has 0 aliphatic carbocycles. The molecule has 0 aromatic heterocycles. The maximum Gasteiger partial charge on any atom is 0.254 e. The normalized spacial score (nSPS) is 18.9. The zero-order valence-corrected chi connectivity index (χ0v) is 13.2. The van der Waals surface area contributed by atoms with E-state index in [1.165, 1.54) is 0 Å². The van der Waals surface area contributed by atoms with E-state index >= 15 is 0 Å². The van der Waals surface area contributed by atoms with Gasteiger partial charge in [-0.15, -0.1) is 12.4 Å². The highest BCUT2D eigenvalue weighted by molar-refractivity contribution is 9.10. The number of aryl methyl sites for hydroxylation is 1. The van der Waals surface area contributed by atoms with Crippen LogP contribution >= 0.6 is 28.3 Å². The predicted octanol–water partition coefficient (Wildman–Crippen LogP) is 1.98. The summed E-state index contributed by atoms with van der Waals surface area (Å²) in [5.41, 5.74) is 7.31. The molecule has 1 aromatic rings. The topological polar surface area (TPSA) is 55.6 Å². The predicted molar refractivity (Wildman–Crippen MR) is 80.8 cm³/mol. The smallest absolute Gasteiger partial charge is 0.254 e. The number of benzene rings is 1. The van der Waals surface area contributed by atoms with Crippen molar-refractivity contribution >= 4 is 34.2 Å². The highest BCUT2D eigenvalue weighted by atomic mass is 79.9. The van der Waals surface area contributed by atoms with E-state index in [1.807, 2.05) is 30.0 Å². The number of rotatable bonds is 2. The quantitative estimate of drug-likeness (QED) is 0.888. The van der Waals surface area contributed by atoms with Gasteiger partial charge < -0.3 is 15.4 Å². The molecule has 1 aliphatic heterocycles. The van der Waals surface area contributed by atoms with Crippen LogP contribution in [0.4, 0.5) is 0 Å². The van der Waals surface area contributed by atoms with E-state index in [1.54, 1.807) is 0 Å². The average molecular weight is 350 g/mol. The van der Waals surface area contributed by atoms with Crippen LogP contribution in [0.5, 0.6) is 0 Å². The number of hydrogen-bond acceptors (Lipinski definition) is 3. The zero-order chi connectivity index (χ0) is 13.1. The lowest BCUT2D eigenvalue weighted by Gasteiger charge is -2.32. The van der Waals surface area contributed by atoms with Crippen molar-refractivity contribution in [3.05, 3.63) is 33.8 Å². The minimum Gasteiger partial charge on any atom is -0.373 e. The Balaban J connectivity index is 0.00000180. The summed E-state index contributed by atoms with van der Waals surface area (Å²) in [7, 11) is 0. The van der Waals surface area contributed by atoms with Crippen LogP contribution in [-0.4, -0.2) is 43.2 Å². The minimum absolute atomic E-state index is 0. The van der Waals surface area contributed by atoms with Gasteiger partial charge in [-0.05, 0) is 24.6 Å². The van der Waals surface area contributed by atoms with E-state index in [-0.39, 0.29) is 24.4 Å². The number of carbonyl (C=O) groups excluding carboxylic acids is 1. The van der Waals surface area contributed by atoms with Crippen molar-refractivity contribution < 1.29 is 9.53 Å². The van der Waals surface area contributed by atoms with Crippen LogP contribution in [0.1, 0.15) is 15.9 Å². The Bertz CT molecular complexity index is 456. The number of hydrogen-bond donors (Lipinski definition) is 1. The van der Waals surface area contributed by atoms with Crippen LogP contribution in [0, 0.1) is 6.92 Å². The molecule has 1 heterocycles. The van der Waals surface area contributed by atoms with E-state index < -0.39 is 0 Å². The maximum absolute atomic E-state index is 12.4. The second kappa shape index (κ2) is 7.24. The summed E-state index contributed by atoms with van der Waals surface area (Å²) in [6.45, 7) is 4.14. The van der Waals surface area contributed by atoms with Gasteiger partial charge in [-0.3, -0.25) is 4.79 Å². The van der Waals surface area contributed by atoms with E-state index in [9.17, 15) is 4.79 Å². The first-order valence-electron chi connectivity index (χ1n) is 5.99. The zero-order valence-electron chi connectivity index (χ0n) is 10.8.